The van der Waals surface area contributed by atoms with Gasteiger partial charge in [-0.05, 0) is 39.5 Å². The van der Waals surface area contributed by atoms with E-state index in [0.717, 1.165) is 17.7 Å². The van der Waals surface area contributed by atoms with E-state index in [1.54, 1.807) is 16.4 Å². The number of aryl methyl sites for hydroxylation is 1. The van der Waals surface area contributed by atoms with Gasteiger partial charge in [-0.1, -0.05) is 0 Å². The molecule has 1 aliphatic carbocycles. The topological polar surface area (TPSA) is 56.1 Å². The van der Waals surface area contributed by atoms with Crippen LogP contribution < -0.4 is 5.32 Å². The van der Waals surface area contributed by atoms with Crippen molar-refractivity contribution >= 4 is 17.7 Å². The van der Waals surface area contributed by atoms with Gasteiger partial charge in [0.25, 0.3) is 0 Å². The van der Waals surface area contributed by atoms with Crippen LogP contribution in [-0.4, -0.2) is 39.7 Å². The molecule has 1 N–H and O–H groups in total. The number of aromatic nitrogens is 2. The van der Waals surface area contributed by atoms with E-state index in [2.05, 4.69) is 24.3 Å². The molecule has 1 unspecified atom stereocenters. The first kappa shape index (κ1) is 16.4. The van der Waals surface area contributed by atoms with Crippen molar-refractivity contribution in [1.29, 1.82) is 0 Å². The van der Waals surface area contributed by atoms with Crippen LogP contribution in [0.1, 0.15) is 33.6 Å². The summed E-state index contributed by atoms with van der Waals surface area (Å²) >= 11 is 1.67. The Morgan fingerprint density at radius 1 is 1.62 bits per heavy atom. The van der Waals surface area contributed by atoms with Gasteiger partial charge >= 0.3 is 5.97 Å². The number of carbonyl (C=O) groups excluding carboxylic acids is 1. The highest BCUT2D eigenvalue weighted by atomic mass is 32.2. The van der Waals surface area contributed by atoms with Crippen molar-refractivity contribution in [1.82, 2.24) is 15.1 Å². The number of rotatable bonds is 8. The zero-order valence-electron chi connectivity index (χ0n) is 13.3. The molecule has 1 fully saturated rings. The molecule has 0 aliphatic heterocycles. The zero-order chi connectivity index (χ0) is 15.5. The van der Waals surface area contributed by atoms with E-state index in [4.69, 9.17) is 4.74 Å². The number of nitrogens with zero attached hydrogens (tertiary/aromatic N) is 2. The number of carbonyl (C=O) groups is 1. The molecule has 0 radical (unpaired) electrons. The molecule has 6 heteroatoms. The molecule has 1 heterocycles. The minimum atomic E-state index is -0.579. The molecule has 21 heavy (non-hydrogen) atoms. The van der Waals surface area contributed by atoms with Crippen LogP contribution in [0.2, 0.25) is 0 Å². The average Bonchev–Trinajstić information content (AvgIpc) is 3.18. The molecule has 0 bridgehead atoms. The third kappa shape index (κ3) is 4.01. The average molecular weight is 311 g/mol. The van der Waals surface area contributed by atoms with E-state index in [0.29, 0.717) is 18.3 Å². The molecule has 1 saturated carbocycles. The Balaban J connectivity index is 2.14. The first-order chi connectivity index (χ1) is 9.98. The SMILES string of the molecule is CCOC(=O)C(CSc1cnn(C)c1)(NC(C)C)C1CC1. The molecule has 0 saturated heterocycles. The van der Waals surface area contributed by atoms with Gasteiger partial charge in [0.2, 0.25) is 0 Å². The van der Waals surface area contributed by atoms with Crippen molar-refractivity contribution in [2.24, 2.45) is 13.0 Å². The van der Waals surface area contributed by atoms with Crippen LogP contribution in [0, 0.1) is 5.92 Å². The summed E-state index contributed by atoms with van der Waals surface area (Å²) in [5, 5.41) is 7.67. The van der Waals surface area contributed by atoms with Crippen LogP contribution in [0.3, 0.4) is 0 Å². The van der Waals surface area contributed by atoms with Gasteiger partial charge in [-0.2, -0.15) is 5.10 Å². The molecule has 118 valence electrons. The van der Waals surface area contributed by atoms with Crippen LogP contribution >= 0.6 is 11.8 Å². The number of thioether (sulfide) groups is 1. The lowest BCUT2D eigenvalue weighted by molar-refractivity contribution is -0.151. The minimum absolute atomic E-state index is 0.113. The summed E-state index contributed by atoms with van der Waals surface area (Å²) in [5.74, 6) is 0.945. The maximum absolute atomic E-state index is 12.6. The van der Waals surface area contributed by atoms with Crippen LogP contribution in [-0.2, 0) is 16.6 Å². The molecule has 1 aromatic heterocycles. The van der Waals surface area contributed by atoms with E-state index in [-0.39, 0.29) is 12.0 Å². The Hall–Kier alpha value is -1.01. The monoisotopic (exact) mass is 311 g/mol. The quantitative estimate of drug-likeness (QED) is 0.589. The van der Waals surface area contributed by atoms with Gasteiger partial charge in [0.15, 0.2) is 0 Å². The summed E-state index contributed by atoms with van der Waals surface area (Å²) < 4.78 is 7.15. The van der Waals surface area contributed by atoms with Crippen LogP contribution in [0.25, 0.3) is 0 Å². The Labute approximate surface area is 130 Å². The lowest BCUT2D eigenvalue weighted by atomic mass is 9.94. The standard InChI is InChI=1S/C15H25N3O2S/c1-5-20-14(19)15(12-6-7-12,17-11(2)3)10-21-13-8-16-18(4)9-13/h8-9,11-12,17H,5-7,10H2,1-4H3. The molecule has 0 amide bonds. The number of esters is 1. The summed E-state index contributed by atoms with van der Waals surface area (Å²) in [4.78, 5) is 13.7. The second-order valence-electron chi connectivity index (χ2n) is 5.90. The lowest BCUT2D eigenvalue weighted by Crippen LogP contribution is -2.59. The summed E-state index contributed by atoms with van der Waals surface area (Å²) in [5.41, 5.74) is -0.579. The predicted molar refractivity (Wildman–Crippen MR) is 84.3 cm³/mol. The first-order valence-corrected chi connectivity index (χ1v) is 8.53. The molecular formula is C15H25N3O2S. The van der Waals surface area contributed by atoms with Crippen LogP contribution in [0.5, 0.6) is 0 Å². The van der Waals surface area contributed by atoms with E-state index in [9.17, 15) is 4.79 Å². The summed E-state index contributed by atoms with van der Waals surface area (Å²) in [6.45, 7) is 6.43. The van der Waals surface area contributed by atoms with E-state index in [1.165, 1.54) is 0 Å². The van der Waals surface area contributed by atoms with Crippen molar-refractivity contribution in [3.63, 3.8) is 0 Å². The van der Waals surface area contributed by atoms with Crippen LogP contribution in [0.15, 0.2) is 17.3 Å². The summed E-state index contributed by atoms with van der Waals surface area (Å²) in [6, 6.07) is 0.240. The largest absolute Gasteiger partial charge is 0.465 e. The summed E-state index contributed by atoms with van der Waals surface area (Å²) in [6.07, 6.45) is 5.99. The fraction of sp³-hybridized carbons (Fsp3) is 0.733. The fourth-order valence-electron chi connectivity index (χ4n) is 2.58. The maximum atomic E-state index is 12.6. The molecular weight excluding hydrogens is 286 g/mol. The number of ether oxygens (including phenoxy) is 1. The fourth-order valence-corrected chi connectivity index (χ4v) is 3.76. The lowest BCUT2D eigenvalue weighted by Gasteiger charge is -2.34. The van der Waals surface area contributed by atoms with E-state index in [1.807, 2.05) is 26.4 Å². The van der Waals surface area contributed by atoms with Crippen LogP contribution in [0.4, 0.5) is 0 Å². The molecule has 1 aromatic rings. The molecule has 0 aromatic carbocycles. The molecule has 5 nitrogen and oxygen atoms in total. The Bertz CT molecular complexity index is 485. The highest BCUT2D eigenvalue weighted by molar-refractivity contribution is 7.99. The smallest absolute Gasteiger partial charge is 0.327 e. The van der Waals surface area contributed by atoms with Gasteiger partial charge in [0.05, 0.1) is 12.8 Å². The van der Waals surface area contributed by atoms with Gasteiger partial charge in [-0.3, -0.25) is 14.8 Å². The highest BCUT2D eigenvalue weighted by Crippen LogP contribution is 2.43. The van der Waals surface area contributed by atoms with E-state index < -0.39 is 5.54 Å². The van der Waals surface area contributed by atoms with Gasteiger partial charge in [-0.15, -0.1) is 11.8 Å². The second-order valence-corrected chi connectivity index (χ2v) is 6.95. The first-order valence-electron chi connectivity index (χ1n) is 7.54. The Morgan fingerprint density at radius 3 is 2.81 bits per heavy atom. The van der Waals surface area contributed by atoms with Crippen molar-refractivity contribution in [3.8, 4) is 0 Å². The maximum Gasteiger partial charge on any atom is 0.327 e. The molecule has 1 aliphatic rings. The second kappa shape index (κ2) is 6.83. The molecule has 1 atom stereocenters. The van der Waals surface area contributed by atoms with Crippen molar-refractivity contribution in [2.75, 3.05) is 12.4 Å². The molecule has 2 rings (SSSR count). The van der Waals surface area contributed by atoms with Crippen molar-refractivity contribution in [2.45, 2.75) is 50.1 Å². The predicted octanol–water partition coefficient (Wildman–Crippen LogP) is 2.22. The van der Waals surface area contributed by atoms with Gasteiger partial charge in [-0.25, -0.2) is 0 Å². The minimum Gasteiger partial charge on any atom is -0.465 e. The normalized spacial score (nSPS) is 17.8. The van der Waals surface area contributed by atoms with Gasteiger partial charge in [0, 0.05) is 29.9 Å². The zero-order valence-corrected chi connectivity index (χ0v) is 14.1. The third-order valence-electron chi connectivity index (χ3n) is 3.61. The summed E-state index contributed by atoms with van der Waals surface area (Å²) in [7, 11) is 1.90. The van der Waals surface area contributed by atoms with E-state index >= 15 is 0 Å². The van der Waals surface area contributed by atoms with Gasteiger partial charge in [0.1, 0.15) is 5.54 Å². The molecule has 0 spiro atoms. The Morgan fingerprint density at radius 2 is 2.33 bits per heavy atom. The number of hydrogen-bond donors (Lipinski definition) is 1. The van der Waals surface area contributed by atoms with Crippen molar-refractivity contribution in [3.05, 3.63) is 12.4 Å². The van der Waals surface area contributed by atoms with Gasteiger partial charge < -0.3 is 4.74 Å². The van der Waals surface area contributed by atoms with Crippen molar-refractivity contribution < 1.29 is 9.53 Å². The number of nitrogens with one attached hydrogen (secondary N) is 1. The highest BCUT2D eigenvalue weighted by Gasteiger charge is 2.52. The number of hydrogen-bond acceptors (Lipinski definition) is 5. The third-order valence-corrected chi connectivity index (χ3v) is 4.75. The Kier molecular flexibility index (Phi) is 5.32.